The van der Waals surface area contributed by atoms with E-state index in [1.165, 1.54) is 0 Å². The Bertz CT molecular complexity index is 680. The van der Waals surface area contributed by atoms with Crippen LogP contribution < -0.4 is 5.32 Å². The summed E-state index contributed by atoms with van der Waals surface area (Å²) >= 11 is 0. The molecule has 3 aromatic rings. The van der Waals surface area contributed by atoms with Crippen LogP contribution in [0.25, 0.3) is 11.0 Å². The quantitative estimate of drug-likeness (QED) is 0.542. The van der Waals surface area contributed by atoms with Crippen molar-refractivity contribution in [2.75, 3.05) is 12.4 Å². The van der Waals surface area contributed by atoms with E-state index < -0.39 is 0 Å². The number of fused-ring (bicyclic) bond motifs is 1. The highest BCUT2D eigenvalue weighted by Gasteiger charge is 2.08. The summed E-state index contributed by atoms with van der Waals surface area (Å²) in [5.74, 6) is 1.47. The molecule has 2 N–H and O–H groups in total. The molecule has 0 unspecified atom stereocenters. The number of hydrogen-bond donors (Lipinski definition) is 2. The fourth-order valence-corrected chi connectivity index (χ4v) is 1.94. The molecule has 4 nitrogen and oxygen atoms in total. The molecular weight excluding hydrogens is 236 g/mol. The number of aromatic amines is 1. The zero-order valence-corrected chi connectivity index (χ0v) is 10.6. The summed E-state index contributed by atoms with van der Waals surface area (Å²) in [7, 11) is 1.75. The molecule has 0 amide bonds. The second-order valence-electron chi connectivity index (χ2n) is 4.17. The highest BCUT2D eigenvalue weighted by molar-refractivity contribution is 6.07. The van der Waals surface area contributed by atoms with Gasteiger partial charge in [-0.1, -0.05) is 30.3 Å². The molecule has 4 heteroatoms. The van der Waals surface area contributed by atoms with Gasteiger partial charge in [0.1, 0.15) is 0 Å². The van der Waals surface area contributed by atoms with Gasteiger partial charge < -0.3 is 10.3 Å². The summed E-state index contributed by atoms with van der Waals surface area (Å²) in [6, 6.07) is 17.9. The first-order valence-corrected chi connectivity index (χ1v) is 6.11. The van der Waals surface area contributed by atoms with Crippen molar-refractivity contribution in [1.82, 2.24) is 9.97 Å². The van der Waals surface area contributed by atoms with Crippen molar-refractivity contribution in [3.05, 3.63) is 60.4 Å². The first kappa shape index (κ1) is 11.5. The second-order valence-corrected chi connectivity index (χ2v) is 4.17. The third-order valence-electron chi connectivity index (χ3n) is 2.87. The van der Waals surface area contributed by atoms with Crippen molar-refractivity contribution in [3.63, 3.8) is 0 Å². The molecule has 0 radical (unpaired) electrons. The molecule has 0 saturated carbocycles. The molecule has 1 heterocycles. The number of H-pyrrole nitrogens is 1. The minimum absolute atomic E-state index is 0.724. The highest BCUT2D eigenvalue weighted by atomic mass is 15.1. The largest absolute Gasteiger partial charge is 0.337 e. The number of nitrogens with zero attached hydrogens (tertiary/aromatic N) is 2. The van der Waals surface area contributed by atoms with Crippen LogP contribution in [0.1, 0.15) is 5.82 Å². The maximum absolute atomic E-state index is 4.53. The maximum Gasteiger partial charge on any atom is 0.174 e. The van der Waals surface area contributed by atoms with Gasteiger partial charge in [-0.25, -0.2) is 4.98 Å². The molecular formula is C15H14N4. The van der Waals surface area contributed by atoms with Crippen LogP contribution in [0.2, 0.25) is 0 Å². The Morgan fingerprint density at radius 1 is 1.05 bits per heavy atom. The number of imidazole rings is 1. The number of hydrogen-bond acceptors (Lipinski definition) is 2. The van der Waals surface area contributed by atoms with Crippen molar-refractivity contribution in [3.8, 4) is 0 Å². The fraction of sp³-hybridized carbons (Fsp3) is 0.0667. The SMILES string of the molecule is CN=C(Nc1ccccc1)c1nc2ccccc2[nH]1. The molecule has 3 rings (SSSR count). The summed E-state index contributed by atoms with van der Waals surface area (Å²) in [6.45, 7) is 0. The zero-order chi connectivity index (χ0) is 13.1. The van der Waals surface area contributed by atoms with E-state index in [2.05, 4.69) is 20.3 Å². The van der Waals surface area contributed by atoms with Gasteiger partial charge in [-0.3, -0.25) is 4.99 Å². The lowest BCUT2D eigenvalue weighted by Crippen LogP contribution is -2.15. The Hall–Kier alpha value is -2.62. The van der Waals surface area contributed by atoms with E-state index in [1.807, 2.05) is 54.6 Å². The standard InChI is InChI=1S/C15H14N4/c1-16-14(17-11-7-3-2-4-8-11)15-18-12-9-5-6-10-13(12)19-15/h2-10H,1H3,(H,16,17)(H,18,19). The molecule has 0 atom stereocenters. The lowest BCUT2D eigenvalue weighted by molar-refractivity contribution is 1.25. The lowest BCUT2D eigenvalue weighted by Gasteiger charge is -2.06. The van der Waals surface area contributed by atoms with Crippen LogP contribution in [-0.2, 0) is 0 Å². The number of aliphatic imine (C=N–C) groups is 1. The number of rotatable bonds is 2. The van der Waals surface area contributed by atoms with Crippen LogP contribution >= 0.6 is 0 Å². The molecule has 0 aliphatic carbocycles. The van der Waals surface area contributed by atoms with E-state index in [0.29, 0.717) is 0 Å². The first-order valence-electron chi connectivity index (χ1n) is 6.11. The predicted octanol–water partition coefficient (Wildman–Crippen LogP) is 3.05. The summed E-state index contributed by atoms with van der Waals surface area (Å²) in [6.07, 6.45) is 0. The van der Waals surface area contributed by atoms with Crippen molar-refractivity contribution in [2.45, 2.75) is 0 Å². The van der Waals surface area contributed by atoms with Gasteiger partial charge in [0.2, 0.25) is 0 Å². The third kappa shape index (κ3) is 2.33. The van der Waals surface area contributed by atoms with Gasteiger partial charge in [0.05, 0.1) is 11.0 Å². The predicted molar refractivity (Wildman–Crippen MR) is 78.6 cm³/mol. The van der Waals surface area contributed by atoms with Gasteiger partial charge in [-0.2, -0.15) is 0 Å². The van der Waals surface area contributed by atoms with Gasteiger partial charge >= 0.3 is 0 Å². The third-order valence-corrected chi connectivity index (χ3v) is 2.87. The van der Waals surface area contributed by atoms with Crippen LogP contribution in [0.3, 0.4) is 0 Å². The van der Waals surface area contributed by atoms with E-state index in [4.69, 9.17) is 0 Å². The van der Waals surface area contributed by atoms with Crippen LogP contribution in [0, 0.1) is 0 Å². The van der Waals surface area contributed by atoms with Crippen LogP contribution in [-0.4, -0.2) is 22.9 Å². The topological polar surface area (TPSA) is 53.1 Å². The number of anilines is 1. The van der Waals surface area contributed by atoms with Crippen LogP contribution in [0.15, 0.2) is 59.6 Å². The van der Waals surface area contributed by atoms with E-state index in [0.717, 1.165) is 28.4 Å². The van der Waals surface area contributed by atoms with E-state index >= 15 is 0 Å². The number of benzene rings is 2. The maximum atomic E-state index is 4.53. The Balaban J connectivity index is 1.94. The Labute approximate surface area is 111 Å². The van der Waals surface area contributed by atoms with Crippen LogP contribution in [0.5, 0.6) is 0 Å². The number of nitrogens with one attached hydrogen (secondary N) is 2. The zero-order valence-electron chi connectivity index (χ0n) is 10.6. The smallest absolute Gasteiger partial charge is 0.174 e. The van der Waals surface area contributed by atoms with E-state index in [9.17, 15) is 0 Å². The second kappa shape index (κ2) is 4.94. The van der Waals surface area contributed by atoms with Gasteiger partial charge in [0.25, 0.3) is 0 Å². The van der Waals surface area contributed by atoms with Crippen molar-refractivity contribution >= 4 is 22.6 Å². The first-order chi connectivity index (χ1) is 9.36. The Morgan fingerprint density at radius 2 is 1.79 bits per heavy atom. The minimum atomic E-state index is 0.724. The minimum Gasteiger partial charge on any atom is -0.337 e. The Morgan fingerprint density at radius 3 is 2.53 bits per heavy atom. The molecule has 0 bridgehead atoms. The van der Waals surface area contributed by atoms with Gasteiger partial charge in [0.15, 0.2) is 11.7 Å². The lowest BCUT2D eigenvalue weighted by atomic mass is 10.3. The molecule has 2 aromatic carbocycles. The molecule has 1 aromatic heterocycles. The molecule has 0 aliphatic heterocycles. The summed E-state index contributed by atoms with van der Waals surface area (Å²) in [5.41, 5.74) is 2.94. The van der Waals surface area contributed by atoms with Gasteiger partial charge in [0, 0.05) is 12.7 Å². The monoisotopic (exact) mass is 250 g/mol. The average Bonchev–Trinajstić information content (AvgIpc) is 2.89. The van der Waals surface area contributed by atoms with Crippen molar-refractivity contribution in [2.24, 2.45) is 4.99 Å². The summed E-state index contributed by atoms with van der Waals surface area (Å²) in [5, 5.41) is 3.26. The van der Waals surface area contributed by atoms with E-state index in [-0.39, 0.29) is 0 Å². The summed E-state index contributed by atoms with van der Waals surface area (Å²) in [4.78, 5) is 12.1. The average molecular weight is 250 g/mol. The molecule has 0 fully saturated rings. The van der Waals surface area contributed by atoms with Crippen molar-refractivity contribution < 1.29 is 0 Å². The van der Waals surface area contributed by atoms with Gasteiger partial charge in [-0.15, -0.1) is 0 Å². The highest BCUT2D eigenvalue weighted by Crippen LogP contribution is 2.12. The fourth-order valence-electron chi connectivity index (χ4n) is 1.94. The number of aromatic nitrogens is 2. The van der Waals surface area contributed by atoms with Gasteiger partial charge in [-0.05, 0) is 24.3 Å². The molecule has 0 spiro atoms. The number of para-hydroxylation sites is 3. The Kier molecular flexibility index (Phi) is 2.98. The van der Waals surface area contributed by atoms with Crippen LogP contribution in [0.4, 0.5) is 5.69 Å². The molecule has 0 saturated heterocycles. The molecule has 19 heavy (non-hydrogen) atoms. The van der Waals surface area contributed by atoms with E-state index in [1.54, 1.807) is 7.05 Å². The molecule has 0 aliphatic rings. The molecule has 94 valence electrons. The summed E-state index contributed by atoms with van der Waals surface area (Å²) < 4.78 is 0. The van der Waals surface area contributed by atoms with Crippen molar-refractivity contribution in [1.29, 1.82) is 0 Å². The number of amidine groups is 1. The normalized spacial score (nSPS) is 11.7.